The van der Waals surface area contributed by atoms with Crippen LogP contribution >= 0.6 is 0 Å². The van der Waals surface area contributed by atoms with Crippen molar-refractivity contribution in [3.63, 3.8) is 0 Å². The van der Waals surface area contributed by atoms with Gasteiger partial charge >= 0.3 is 0 Å². The minimum Gasteiger partial charge on any atom is -0.393 e. The highest BCUT2D eigenvalue weighted by Gasteiger charge is 2.60. The van der Waals surface area contributed by atoms with Gasteiger partial charge in [-0.25, -0.2) is 0 Å². The van der Waals surface area contributed by atoms with E-state index in [0.717, 1.165) is 54.8 Å². The molecule has 4 fully saturated rings. The summed E-state index contributed by atoms with van der Waals surface area (Å²) < 4.78 is 0. The Balaban J connectivity index is 1.50. The lowest BCUT2D eigenvalue weighted by atomic mass is 9.44. The van der Waals surface area contributed by atoms with Gasteiger partial charge in [0, 0.05) is 12.3 Å². The highest BCUT2D eigenvalue weighted by atomic mass is 16.3. The Morgan fingerprint density at radius 1 is 0.893 bits per heavy atom. The average Bonchev–Trinajstić information content (AvgIpc) is 2.99. The van der Waals surface area contributed by atoms with Crippen molar-refractivity contribution >= 4 is 0 Å². The normalized spacial score (nSPS) is 48.8. The van der Waals surface area contributed by atoms with Gasteiger partial charge in [0.05, 0.1) is 6.10 Å². The number of hydrogen-bond donors (Lipinski definition) is 1. The molecule has 4 aliphatic rings. The monoisotopic (exact) mass is 384 g/mol. The van der Waals surface area contributed by atoms with Gasteiger partial charge in [-0.2, -0.15) is 0 Å². The van der Waals surface area contributed by atoms with Crippen molar-refractivity contribution in [3.8, 4) is 11.8 Å². The summed E-state index contributed by atoms with van der Waals surface area (Å²) in [6.45, 7) is 12.2. The lowest BCUT2D eigenvalue weighted by molar-refractivity contribution is -0.129. The molecule has 0 bridgehead atoms. The third-order valence-corrected chi connectivity index (χ3v) is 10.2. The lowest BCUT2D eigenvalue weighted by Crippen LogP contribution is -2.54. The summed E-state index contributed by atoms with van der Waals surface area (Å²) in [6, 6.07) is 0. The Labute approximate surface area is 174 Å². The molecule has 0 radical (unpaired) electrons. The van der Waals surface area contributed by atoms with Gasteiger partial charge in [0.25, 0.3) is 0 Å². The minimum absolute atomic E-state index is 0.0212. The van der Waals surface area contributed by atoms with Crippen LogP contribution in [0.1, 0.15) is 98.8 Å². The third kappa shape index (κ3) is 3.37. The molecule has 0 heterocycles. The molecular formula is C27H44O. The summed E-state index contributed by atoms with van der Waals surface area (Å²) in [6.07, 6.45) is 13.1. The van der Waals surface area contributed by atoms with Gasteiger partial charge in [0.1, 0.15) is 0 Å². The maximum Gasteiger partial charge on any atom is 0.0543 e. The first-order valence-electron chi connectivity index (χ1n) is 12.4. The predicted molar refractivity (Wildman–Crippen MR) is 118 cm³/mol. The summed E-state index contributed by atoms with van der Waals surface area (Å²) in [5.41, 5.74) is 1.06. The van der Waals surface area contributed by atoms with Crippen LogP contribution in [-0.4, -0.2) is 11.2 Å². The second-order valence-electron chi connectivity index (χ2n) is 12.0. The molecule has 0 saturated heterocycles. The first kappa shape index (κ1) is 20.8. The van der Waals surface area contributed by atoms with Crippen molar-refractivity contribution in [2.45, 2.75) is 105 Å². The fraction of sp³-hybridized carbons (Fsp3) is 0.926. The molecule has 4 aliphatic carbocycles. The lowest BCUT2D eigenvalue weighted by Gasteiger charge is -2.61. The number of hydrogen-bond acceptors (Lipinski definition) is 1. The third-order valence-electron chi connectivity index (χ3n) is 10.2. The van der Waals surface area contributed by atoms with Crippen LogP contribution in [0.3, 0.4) is 0 Å². The van der Waals surface area contributed by atoms with E-state index < -0.39 is 0 Å². The van der Waals surface area contributed by atoms with Crippen molar-refractivity contribution < 1.29 is 5.11 Å². The first-order valence-corrected chi connectivity index (χ1v) is 12.4. The number of aliphatic hydroxyl groups is 1. The highest BCUT2D eigenvalue weighted by molar-refractivity contribution is 5.11. The summed E-state index contributed by atoms with van der Waals surface area (Å²) in [5, 5.41) is 10.2. The minimum atomic E-state index is -0.0212. The van der Waals surface area contributed by atoms with E-state index in [9.17, 15) is 5.11 Å². The van der Waals surface area contributed by atoms with Gasteiger partial charge in [-0.3, -0.25) is 0 Å². The van der Waals surface area contributed by atoms with Gasteiger partial charge in [-0.05, 0) is 104 Å². The molecule has 1 heteroatoms. The van der Waals surface area contributed by atoms with Crippen molar-refractivity contribution in [2.75, 3.05) is 0 Å². The quantitative estimate of drug-likeness (QED) is 0.526. The van der Waals surface area contributed by atoms with Crippen LogP contribution in [0, 0.1) is 64.1 Å². The topological polar surface area (TPSA) is 20.2 Å². The second kappa shape index (κ2) is 7.65. The molecule has 28 heavy (non-hydrogen) atoms. The van der Waals surface area contributed by atoms with E-state index in [1.54, 1.807) is 0 Å². The standard InChI is InChI=1S/C27H44O/c1-18(2)7-6-8-19(3)23-11-12-24-22-10-9-20-17-21(28)13-15-26(20,4)25(22)14-16-27(23,24)5/h18-25,28H,8-17H2,1-5H3/t19-,20-,21+,22+,23-,24+,25+,26+,27-/m1/s1. The van der Waals surface area contributed by atoms with Crippen LogP contribution in [0.15, 0.2) is 0 Å². The fourth-order valence-electron chi connectivity index (χ4n) is 8.78. The highest BCUT2D eigenvalue weighted by Crippen LogP contribution is 2.68. The summed E-state index contributed by atoms with van der Waals surface area (Å²) >= 11 is 0. The molecule has 0 aromatic rings. The smallest absolute Gasteiger partial charge is 0.0543 e. The van der Waals surface area contributed by atoms with Crippen LogP contribution in [0.2, 0.25) is 0 Å². The molecule has 0 spiro atoms. The Morgan fingerprint density at radius 2 is 1.61 bits per heavy atom. The van der Waals surface area contributed by atoms with Crippen molar-refractivity contribution in [1.82, 2.24) is 0 Å². The van der Waals surface area contributed by atoms with E-state index in [-0.39, 0.29) is 6.10 Å². The molecule has 158 valence electrons. The van der Waals surface area contributed by atoms with Crippen LogP contribution in [0.5, 0.6) is 0 Å². The first-order chi connectivity index (χ1) is 13.3. The molecular weight excluding hydrogens is 340 g/mol. The van der Waals surface area contributed by atoms with E-state index in [2.05, 4.69) is 46.5 Å². The summed E-state index contributed by atoms with van der Waals surface area (Å²) in [5.74, 6) is 12.6. The van der Waals surface area contributed by atoms with E-state index in [1.165, 1.54) is 44.9 Å². The van der Waals surface area contributed by atoms with Gasteiger partial charge in [0.15, 0.2) is 0 Å². The van der Waals surface area contributed by atoms with E-state index in [4.69, 9.17) is 0 Å². The van der Waals surface area contributed by atoms with E-state index >= 15 is 0 Å². The molecule has 0 unspecified atom stereocenters. The van der Waals surface area contributed by atoms with Gasteiger partial charge in [0.2, 0.25) is 0 Å². The van der Waals surface area contributed by atoms with Crippen LogP contribution in [0.25, 0.3) is 0 Å². The van der Waals surface area contributed by atoms with Gasteiger partial charge in [-0.1, -0.05) is 34.6 Å². The fourth-order valence-corrected chi connectivity index (χ4v) is 8.78. The largest absolute Gasteiger partial charge is 0.393 e. The average molecular weight is 385 g/mol. The Morgan fingerprint density at radius 3 is 2.36 bits per heavy atom. The Bertz CT molecular complexity index is 626. The van der Waals surface area contributed by atoms with Crippen LogP contribution < -0.4 is 0 Å². The molecule has 4 rings (SSSR count). The van der Waals surface area contributed by atoms with Crippen molar-refractivity contribution in [3.05, 3.63) is 0 Å². The molecule has 9 atom stereocenters. The Kier molecular flexibility index (Phi) is 5.68. The Hall–Kier alpha value is -0.480. The van der Waals surface area contributed by atoms with Gasteiger partial charge < -0.3 is 5.11 Å². The number of aliphatic hydroxyl groups excluding tert-OH is 1. The molecule has 4 saturated carbocycles. The zero-order chi connectivity index (χ0) is 20.1. The second-order valence-corrected chi connectivity index (χ2v) is 12.0. The molecule has 0 aromatic heterocycles. The van der Waals surface area contributed by atoms with Crippen LogP contribution in [-0.2, 0) is 0 Å². The van der Waals surface area contributed by atoms with Crippen molar-refractivity contribution in [2.24, 2.45) is 52.3 Å². The zero-order valence-corrected chi connectivity index (χ0v) is 19.1. The maximum atomic E-state index is 10.2. The molecule has 0 amide bonds. The van der Waals surface area contributed by atoms with Crippen LogP contribution in [0.4, 0.5) is 0 Å². The summed E-state index contributed by atoms with van der Waals surface area (Å²) in [4.78, 5) is 0. The SMILES string of the molecule is CC(C)C#CC[C@@H](C)[C@H]1CC[C@H]2[C@@H]3CC[C@@H]4C[C@@H](O)CC[C@]4(C)[C@H]3CC[C@]12C. The predicted octanol–water partition coefficient (Wildman–Crippen LogP) is 6.69. The van der Waals surface area contributed by atoms with E-state index in [0.29, 0.717) is 16.7 Å². The molecule has 1 nitrogen and oxygen atoms in total. The molecule has 0 aromatic carbocycles. The maximum absolute atomic E-state index is 10.2. The molecule has 0 aliphatic heterocycles. The van der Waals surface area contributed by atoms with Crippen molar-refractivity contribution in [1.29, 1.82) is 0 Å². The zero-order valence-electron chi connectivity index (χ0n) is 19.1. The molecule has 1 N–H and O–H groups in total. The number of fused-ring (bicyclic) bond motifs is 5. The summed E-state index contributed by atoms with van der Waals surface area (Å²) in [7, 11) is 0. The number of rotatable bonds is 2. The van der Waals surface area contributed by atoms with E-state index in [1.807, 2.05) is 0 Å². The van der Waals surface area contributed by atoms with Gasteiger partial charge in [-0.15, -0.1) is 11.8 Å².